The lowest BCUT2D eigenvalue weighted by molar-refractivity contribution is -0.143. The van der Waals surface area contributed by atoms with Crippen molar-refractivity contribution in [1.29, 1.82) is 0 Å². The maximum atomic E-state index is 12.9. The van der Waals surface area contributed by atoms with Crippen LogP contribution in [0.1, 0.15) is 18.1 Å². The SMILES string of the molecule is CCOCC(=O)N[C@@H](Cc1ccccc1C(F)(F)F)C(=O)O. The molecule has 0 saturated carbocycles. The van der Waals surface area contributed by atoms with Crippen molar-refractivity contribution in [2.24, 2.45) is 0 Å². The number of ether oxygens (including phenoxy) is 1. The molecule has 0 aliphatic carbocycles. The fourth-order valence-corrected chi connectivity index (χ4v) is 1.83. The van der Waals surface area contributed by atoms with Gasteiger partial charge >= 0.3 is 12.1 Å². The minimum Gasteiger partial charge on any atom is -0.480 e. The second-order valence-corrected chi connectivity index (χ2v) is 4.45. The Morgan fingerprint density at radius 3 is 2.50 bits per heavy atom. The van der Waals surface area contributed by atoms with Gasteiger partial charge < -0.3 is 15.2 Å². The first kappa shape index (κ1) is 18.0. The minimum atomic E-state index is -4.59. The van der Waals surface area contributed by atoms with Gasteiger partial charge in [0.2, 0.25) is 5.91 Å². The van der Waals surface area contributed by atoms with E-state index in [1.54, 1.807) is 6.92 Å². The van der Waals surface area contributed by atoms with Gasteiger partial charge in [0, 0.05) is 13.0 Å². The van der Waals surface area contributed by atoms with E-state index >= 15 is 0 Å². The third-order valence-electron chi connectivity index (χ3n) is 2.82. The highest BCUT2D eigenvalue weighted by Gasteiger charge is 2.34. The number of carbonyl (C=O) groups excluding carboxylic acids is 1. The zero-order chi connectivity index (χ0) is 16.8. The van der Waals surface area contributed by atoms with Crippen LogP contribution in [-0.4, -0.2) is 36.2 Å². The Labute approximate surface area is 125 Å². The molecule has 22 heavy (non-hydrogen) atoms. The van der Waals surface area contributed by atoms with Gasteiger partial charge in [-0.15, -0.1) is 0 Å². The summed E-state index contributed by atoms with van der Waals surface area (Å²) in [6.45, 7) is 1.57. The van der Waals surface area contributed by atoms with Gasteiger partial charge in [-0.1, -0.05) is 18.2 Å². The van der Waals surface area contributed by atoms with Gasteiger partial charge in [0.1, 0.15) is 12.6 Å². The Morgan fingerprint density at radius 2 is 1.95 bits per heavy atom. The van der Waals surface area contributed by atoms with E-state index in [1.165, 1.54) is 18.2 Å². The topological polar surface area (TPSA) is 75.6 Å². The molecule has 1 aromatic carbocycles. The first-order valence-corrected chi connectivity index (χ1v) is 6.50. The fourth-order valence-electron chi connectivity index (χ4n) is 1.83. The van der Waals surface area contributed by atoms with Gasteiger partial charge in [-0.25, -0.2) is 4.79 Å². The van der Waals surface area contributed by atoms with Crippen molar-refractivity contribution < 1.29 is 32.6 Å². The number of carbonyl (C=O) groups is 2. The van der Waals surface area contributed by atoms with E-state index < -0.39 is 36.1 Å². The maximum absolute atomic E-state index is 12.9. The fraction of sp³-hybridized carbons (Fsp3) is 0.429. The Bertz CT molecular complexity index is 531. The summed E-state index contributed by atoms with van der Waals surface area (Å²) >= 11 is 0. The van der Waals surface area contributed by atoms with Crippen molar-refractivity contribution in [1.82, 2.24) is 5.32 Å². The first-order chi connectivity index (χ1) is 10.3. The van der Waals surface area contributed by atoms with Gasteiger partial charge in [-0.3, -0.25) is 4.79 Å². The lowest BCUT2D eigenvalue weighted by Crippen LogP contribution is -2.44. The van der Waals surface area contributed by atoms with Crippen LogP contribution >= 0.6 is 0 Å². The van der Waals surface area contributed by atoms with E-state index in [4.69, 9.17) is 9.84 Å². The van der Waals surface area contributed by atoms with Crippen molar-refractivity contribution in [3.05, 3.63) is 35.4 Å². The van der Waals surface area contributed by atoms with E-state index in [-0.39, 0.29) is 18.8 Å². The summed E-state index contributed by atoms with van der Waals surface area (Å²) in [6.07, 6.45) is -5.06. The van der Waals surface area contributed by atoms with Crippen LogP contribution in [-0.2, 0) is 26.9 Å². The second-order valence-electron chi connectivity index (χ2n) is 4.45. The smallest absolute Gasteiger partial charge is 0.416 e. The summed E-state index contributed by atoms with van der Waals surface area (Å²) in [6, 6.07) is 3.20. The molecule has 0 aliphatic rings. The summed E-state index contributed by atoms with van der Waals surface area (Å²) in [5.74, 6) is -2.11. The Hall–Kier alpha value is -2.09. The molecule has 0 heterocycles. The molecule has 0 aromatic heterocycles. The monoisotopic (exact) mass is 319 g/mol. The largest absolute Gasteiger partial charge is 0.480 e. The molecule has 0 fully saturated rings. The van der Waals surface area contributed by atoms with Crippen molar-refractivity contribution >= 4 is 11.9 Å². The molecule has 8 heteroatoms. The number of alkyl halides is 3. The average Bonchev–Trinajstić information content (AvgIpc) is 2.43. The lowest BCUT2D eigenvalue weighted by Gasteiger charge is -2.18. The number of carboxylic acids is 1. The minimum absolute atomic E-state index is 0.195. The summed E-state index contributed by atoms with van der Waals surface area (Å²) in [4.78, 5) is 22.6. The second kappa shape index (κ2) is 7.79. The summed E-state index contributed by atoms with van der Waals surface area (Å²) < 4.78 is 43.4. The summed E-state index contributed by atoms with van der Waals surface area (Å²) in [5.41, 5.74) is -1.11. The average molecular weight is 319 g/mol. The molecule has 122 valence electrons. The van der Waals surface area contributed by atoms with Gasteiger partial charge in [-0.05, 0) is 18.6 Å². The Morgan fingerprint density at radius 1 is 1.32 bits per heavy atom. The van der Waals surface area contributed by atoms with Crippen LogP contribution in [0.5, 0.6) is 0 Å². The van der Waals surface area contributed by atoms with Crippen LogP contribution in [0.2, 0.25) is 0 Å². The first-order valence-electron chi connectivity index (χ1n) is 6.50. The molecule has 1 aromatic rings. The molecule has 0 saturated heterocycles. The highest BCUT2D eigenvalue weighted by Crippen LogP contribution is 2.32. The molecule has 1 rings (SSSR count). The number of carboxylic acid groups (broad SMARTS) is 1. The van der Waals surface area contributed by atoms with Crippen molar-refractivity contribution in [2.75, 3.05) is 13.2 Å². The highest BCUT2D eigenvalue weighted by atomic mass is 19.4. The quantitative estimate of drug-likeness (QED) is 0.804. The van der Waals surface area contributed by atoms with Crippen LogP contribution in [0, 0.1) is 0 Å². The third kappa shape index (κ3) is 5.36. The zero-order valence-corrected chi connectivity index (χ0v) is 11.8. The number of amides is 1. The third-order valence-corrected chi connectivity index (χ3v) is 2.82. The molecule has 0 radical (unpaired) electrons. The molecule has 5 nitrogen and oxygen atoms in total. The van der Waals surface area contributed by atoms with Crippen LogP contribution in [0.25, 0.3) is 0 Å². The Kier molecular flexibility index (Phi) is 6.36. The molecule has 0 unspecified atom stereocenters. The maximum Gasteiger partial charge on any atom is 0.416 e. The number of hydrogen-bond donors (Lipinski definition) is 2. The lowest BCUT2D eigenvalue weighted by atomic mass is 10.00. The molecule has 0 spiro atoms. The normalized spacial score (nSPS) is 12.7. The number of rotatable bonds is 7. The number of hydrogen-bond acceptors (Lipinski definition) is 3. The van der Waals surface area contributed by atoms with Crippen molar-refractivity contribution in [2.45, 2.75) is 25.6 Å². The molecule has 0 aliphatic heterocycles. The van der Waals surface area contributed by atoms with Gasteiger partial charge in [-0.2, -0.15) is 13.2 Å². The predicted molar refractivity (Wildman–Crippen MR) is 71.2 cm³/mol. The molecular weight excluding hydrogens is 303 g/mol. The number of benzene rings is 1. The summed E-state index contributed by atoms with van der Waals surface area (Å²) in [5, 5.41) is 11.2. The van der Waals surface area contributed by atoms with Crippen LogP contribution in [0.15, 0.2) is 24.3 Å². The highest BCUT2D eigenvalue weighted by molar-refractivity contribution is 5.84. The molecule has 0 bridgehead atoms. The zero-order valence-electron chi connectivity index (χ0n) is 11.8. The van der Waals surface area contributed by atoms with Crippen LogP contribution in [0.3, 0.4) is 0 Å². The van der Waals surface area contributed by atoms with Gasteiger partial charge in [0.25, 0.3) is 0 Å². The summed E-state index contributed by atoms with van der Waals surface area (Å²) in [7, 11) is 0. The van der Waals surface area contributed by atoms with Crippen LogP contribution < -0.4 is 5.32 Å². The standard InChI is InChI=1S/C14H16F3NO4/c1-2-22-8-12(19)18-11(13(20)21)7-9-5-3-4-6-10(9)14(15,16)17/h3-6,11H,2,7-8H2,1H3,(H,18,19)(H,20,21)/t11-/m0/s1. The van der Waals surface area contributed by atoms with Crippen molar-refractivity contribution in [3.8, 4) is 0 Å². The van der Waals surface area contributed by atoms with Gasteiger partial charge in [0.15, 0.2) is 0 Å². The van der Waals surface area contributed by atoms with E-state index in [1.807, 2.05) is 0 Å². The predicted octanol–water partition coefficient (Wildman–Crippen LogP) is 1.85. The number of halogens is 3. The van der Waals surface area contributed by atoms with E-state index in [0.717, 1.165) is 6.07 Å². The van der Waals surface area contributed by atoms with E-state index in [9.17, 15) is 22.8 Å². The molecular formula is C14H16F3NO4. The van der Waals surface area contributed by atoms with Gasteiger partial charge in [0.05, 0.1) is 5.56 Å². The number of nitrogens with one attached hydrogen (secondary N) is 1. The molecule has 2 N–H and O–H groups in total. The number of aliphatic carboxylic acids is 1. The molecule has 1 amide bonds. The van der Waals surface area contributed by atoms with E-state index in [2.05, 4.69) is 5.32 Å². The Balaban J connectivity index is 2.89. The van der Waals surface area contributed by atoms with E-state index in [0.29, 0.717) is 0 Å². The van der Waals surface area contributed by atoms with Crippen LogP contribution in [0.4, 0.5) is 13.2 Å². The van der Waals surface area contributed by atoms with Crippen molar-refractivity contribution in [3.63, 3.8) is 0 Å². The molecule has 1 atom stereocenters.